The van der Waals surface area contributed by atoms with E-state index in [0.717, 1.165) is 27.3 Å². The second-order valence-corrected chi connectivity index (χ2v) is 10.0. The molecule has 0 saturated carbocycles. The maximum absolute atomic E-state index is 14.4. The number of hydrogen-bond acceptors (Lipinski definition) is 2. The Morgan fingerprint density at radius 2 is 1.66 bits per heavy atom. The first-order valence-electron chi connectivity index (χ1n) is 10.2. The van der Waals surface area contributed by atoms with Gasteiger partial charge in [0.15, 0.2) is 5.71 Å². The first-order chi connectivity index (χ1) is 15.3. The van der Waals surface area contributed by atoms with Crippen molar-refractivity contribution in [2.45, 2.75) is 31.9 Å². The first kappa shape index (κ1) is 20.2. The van der Waals surface area contributed by atoms with E-state index in [2.05, 4.69) is 4.98 Å². The normalized spacial score (nSPS) is 18.7. The van der Waals surface area contributed by atoms with Crippen LogP contribution >= 0.6 is 22.7 Å². The van der Waals surface area contributed by atoms with Crippen molar-refractivity contribution in [2.24, 2.45) is 0 Å². The lowest BCUT2D eigenvalue weighted by Gasteiger charge is -2.13. The van der Waals surface area contributed by atoms with E-state index < -0.39 is 24.8 Å². The van der Waals surface area contributed by atoms with Crippen molar-refractivity contribution in [3.05, 3.63) is 72.9 Å². The Bertz CT molecular complexity index is 1350. The number of aryl methyl sites for hydroxylation is 3. The summed E-state index contributed by atoms with van der Waals surface area (Å²) in [5.41, 5.74) is 1.99. The molecule has 3 aliphatic rings. The number of alkyl halides is 3. The number of hydrogen-bond donors (Lipinski definition) is 1. The fraction of sp³-hybridized carbons (Fsp3) is 0.227. The summed E-state index contributed by atoms with van der Waals surface area (Å²) < 4.78 is 72.4. The molecule has 3 aromatic heterocycles. The van der Waals surface area contributed by atoms with E-state index in [4.69, 9.17) is 0 Å². The summed E-state index contributed by atoms with van der Waals surface area (Å²) in [4.78, 5) is 4.99. The average Bonchev–Trinajstić information content (AvgIpc) is 3.49. The summed E-state index contributed by atoms with van der Waals surface area (Å²) in [5, 5.41) is 3.72. The fourth-order valence-corrected chi connectivity index (χ4v) is 6.74. The van der Waals surface area contributed by atoms with Crippen LogP contribution in [0.15, 0.2) is 46.3 Å². The molecule has 2 nitrogen and oxygen atoms in total. The second-order valence-electron chi connectivity index (χ2n) is 8.02. The number of thiophene rings is 2. The smallest absolute Gasteiger partial charge is 0.354 e. The van der Waals surface area contributed by atoms with Crippen LogP contribution in [0.2, 0.25) is 0 Å². The van der Waals surface area contributed by atoms with Crippen molar-refractivity contribution in [3.8, 4) is 11.3 Å². The van der Waals surface area contributed by atoms with Crippen LogP contribution in [0.5, 0.6) is 0 Å². The average molecular weight is 477 g/mol. The number of fused-ring (bicyclic) bond motifs is 6. The topological polar surface area (TPSA) is 18.8 Å². The highest BCUT2D eigenvalue weighted by Gasteiger charge is 2.52. The van der Waals surface area contributed by atoms with E-state index in [0.29, 0.717) is 40.6 Å². The SMILES string of the molecule is FB(F)[N+]1=C2C(=C/C1=C(/c1cc3c([nH]1)-c1ccsc1CC3)C(F)(F)F)CCc1sccc12. The number of aromatic nitrogens is 1. The molecule has 162 valence electrons. The van der Waals surface area contributed by atoms with Crippen LogP contribution in [0, 0.1) is 0 Å². The van der Waals surface area contributed by atoms with Gasteiger partial charge in [-0.2, -0.15) is 13.2 Å². The molecule has 10 heteroatoms. The number of rotatable bonds is 2. The predicted octanol–water partition coefficient (Wildman–Crippen LogP) is 6.49. The Hall–Kier alpha value is -2.46. The Kier molecular flexibility index (Phi) is 4.43. The van der Waals surface area contributed by atoms with Crippen molar-refractivity contribution in [2.75, 3.05) is 0 Å². The molecular formula is C22H15BF5N2S2+. The van der Waals surface area contributed by atoms with Gasteiger partial charge in [0.1, 0.15) is 5.57 Å². The molecule has 0 unspecified atom stereocenters. The van der Waals surface area contributed by atoms with Gasteiger partial charge in [-0.25, -0.2) is 13.1 Å². The molecule has 0 atom stereocenters. The van der Waals surface area contributed by atoms with Crippen LogP contribution in [0.3, 0.4) is 0 Å². The van der Waals surface area contributed by atoms with Gasteiger partial charge in [-0.1, -0.05) is 0 Å². The Morgan fingerprint density at radius 3 is 2.38 bits per heavy atom. The van der Waals surface area contributed by atoms with Gasteiger partial charge in [0.2, 0.25) is 5.70 Å². The number of halogens is 5. The van der Waals surface area contributed by atoms with Crippen molar-refractivity contribution < 1.29 is 26.3 Å². The molecular weight excluding hydrogens is 462 g/mol. The third-order valence-corrected chi connectivity index (χ3v) is 8.24. The van der Waals surface area contributed by atoms with Crippen LogP contribution in [0.25, 0.3) is 16.8 Å². The number of nitrogens with one attached hydrogen (secondary N) is 1. The van der Waals surface area contributed by atoms with Crippen LogP contribution in [-0.4, -0.2) is 28.8 Å². The van der Waals surface area contributed by atoms with Gasteiger partial charge in [-0.05, 0) is 60.2 Å². The molecule has 1 aliphatic heterocycles. The molecule has 0 bridgehead atoms. The minimum atomic E-state index is -4.81. The zero-order valence-corrected chi connectivity index (χ0v) is 18.2. The largest absolute Gasteiger partial charge is 0.935 e. The van der Waals surface area contributed by atoms with Crippen LogP contribution in [0.4, 0.5) is 21.8 Å². The lowest BCUT2D eigenvalue weighted by Crippen LogP contribution is -2.30. The van der Waals surface area contributed by atoms with E-state index in [1.165, 1.54) is 23.5 Å². The Morgan fingerprint density at radius 1 is 0.969 bits per heavy atom. The zero-order chi connectivity index (χ0) is 22.2. The Labute approximate surface area is 188 Å². The number of nitrogens with zero attached hydrogens (tertiary/aromatic N) is 1. The van der Waals surface area contributed by atoms with Crippen LogP contribution < -0.4 is 0 Å². The van der Waals surface area contributed by atoms with Crippen molar-refractivity contribution in [1.29, 1.82) is 0 Å². The van der Waals surface area contributed by atoms with Gasteiger partial charge < -0.3 is 4.98 Å². The van der Waals surface area contributed by atoms with Crippen LogP contribution in [0.1, 0.15) is 33.0 Å². The maximum atomic E-state index is 14.4. The summed E-state index contributed by atoms with van der Waals surface area (Å²) in [6.45, 7) is 0. The van der Waals surface area contributed by atoms with E-state index in [1.54, 1.807) is 22.8 Å². The highest BCUT2D eigenvalue weighted by molar-refractivity contribution is 7.10. The molecule has 6 rings (SSSR count). The van der Waals surface area contributed by atoms with Crippen molar-refractivity contribution >= 4 is 41.4 Å². The third kappa shape index (κ3) is 2.92. The predicted molar refractivity (Wildman–Crippen MR) is 118 cm³/mol. The number of allylic oxidation sites excluding steroid dienone is 3. The summed E-state index contributed by atoms with van der Waals surface area (Å²) in [6, 6.07) is 5.10. The first-order valence-corrected chi connectivity index (χ1v) is 11.9. The molecule has 4 heterocycles. The molecule has 0 amide bonds. The second kappa shape index (κ2) is 7.02. The molecule has 32 heavy (non-hydrogen) atoms. The maximum Gasteiger partial charge on any atom is 0.935 e. The standard InChI is InChI=1S/C22H14BF5N2S2/c24-22(25,26)19(15-9-11-1-3-17-13(5-7-31-17)20(11)29-15)16-10-12-2-4-18-14(6-8-32-18)21(12)30(16)23(27)28/h5-10H,1-4H2/p+1. The van der Waals surface area contributed by atoms with Crippen LogP contribution in [-0.2, 0) is 19.3 Å². The van der Waals surface area contributed by atoms with Gasteiger partial charge in [0, 0.05) is 27.0 Å². The summed E-state index contributed by atoms with van der Waals surface area (Å²) in [5.74, 6) is 0. The van der Waals surface area contributed by atoms with E-state index in [1.807, 2.05) is 11.4 Å². The lowest BCUT2D eigenvalue weighted by atomic mass is 9.92. The van der Waals surface area contributed by atoms with Gasteiger partial charge in [0.25, 0.3) is 0 Å². The highest BCUT2D eigenvalue weighted by Crippen LogP contribution is 2.44. The highest BCUT2D eigenvalue weighted by atomic mass is 32.1. The van der Waals surface area contributed by atoms with E-state index >= 15 is 0 Å². The van der Waals surface area contributed by atoms with Gasteiger partial charge in [0.05, 0.1) is 17.0 Å². The number of H-pyrrole nitrogens is 1. The quantitative estimate of drug-likeness (QED) is 0.322. The minimum Gasteiger partial charge on any atom is -0.354 e. The van der Waals surface area contributed by atoms with E-state index in [-0.39, 0.29) is 11.4 Å². The lowest BCUT2D eigenvalue weighted by molar-refractivity contribution is -0.342. The fourth-order valence-electron chi connectivity index (χ4n) is 4.97. The number of aromatic amines is 1. The molecule has 1 N–H and O–H groups in total. The molecule has 0 fully saturated rings. The summed E-state index contributed by atoms with van der Waals surface area (Å²) >= 11 is 3.03. The molecule has 0 radical (unpaired) electrons. The molecule has 3 aromatic rings. The summed E-state index contributed by atoms with van der Waals surface area (Å²) in [6.07, 6.45) is -1.03. The molecule has 0 spiro atoms. The summed E-state index contributed by atoms with van der Waals surface area (Å²) in [7, 11) is -3.09. The zero-order valence-electron chi connectivity index (χ0n) is 16.5. The van der Waals surface area contributed by atoms with Gasteiger partial charge >= 0.3 is 13.6 Å². The minimum absolute atomic E-state index is 0.163. The van der Waals surface area contributed by atoms with E-state index in [9.17, 15) is 21.8 Å². The molecule has 0 saturated heterocycles. The third-order valence-electron chi connectivity index (χ3n) is 6.28. The monoisotopic (exact) mass is 477 g/mol. The van der Waals surface area contributed by atoms with Gasteiger partial charge in [-0.3, -0.25) is 0 Å². The van der Waals surface area contributed by atoms with Gasteiger partial charge in [-0.15, -0.1) is 22.7 Å². The van der Waals surface area contributed by atoms with Crippen molar-refractivity contribution in [3.63, 3.8) is 0 Å². The molecule has 2 aliphatic carbocycles. The molecule has 0 aromatic carbocycles. The Balaban J connectivity index is 1.61. The van der Waals surface area contributed by atoms with Crippen molar-refractivity contribution in [1.82, 2.24) is 4.98 Å².